The van der Waals surface area contributed by atoms with E-state index in [0.717, 1.165) is 57.1 Å². The number of carbonyl (C=O) groups is 1. The van der Waals surface area contributed by atoms with E-state index in [1.807, 2.05) is 13.0 Å². The molecule has 6 rings (SSSR count). The Morgan fingerprint density at radius 3 is 2.58 bits per heavy atom. The van der Waals surface area contributed by atoms with Crippen LogP contribution in [0, 0.1) is 0 Å². The minimum atomic E-state index is -0.484. The molecule has 2 aliphatic carbocycles. The van der Waals surface area contributed by atoms with E-state index < -0.39 is 5.69 Å². The highest BCUT2D eigenvalue weighted by atomic mass is 16.3. The van der Waals surface area contributed by atoms with Crippen molar-refractivity contribution in [3.05, 3.63) is 39.1 Å². The lowest BCUT2D eigenvalue weighted by atomic mass is 9.91. The standard InChI is InChI=1S/C26H35N9O3/c1-15(34-10-2-3-11-34)24(36)30-19-8-4-17(5-9-19)28-21-13-22(29-18-6-7-18)35-23(32-21)16(14-27-35)12-20-25(37)33-26(38)31-20/h12-15,17-19,28,37H,2-11H2,1H3,(H,30,36)(H2,31,33,38). The zero-order chi connectivity index (χ0) is 26.2. The summed E-state index contributed by atoms with van der Waals surface area (Å²) in [5.74, 6) is 0.625. The van der Waals surface area contributed by atoms with E-state index in [4.69, 9.17) is 9.98 Å². The second-order valence-corrected chi connectivity index (χ2v) is 10.8. The maximum absolute atomic E-state index is 12.7. The van der Waals surface area contributed by atoms with Gasteiger partial charge in [0.25, 0.3) is 0 Å². The molecule has 3 aliphatic rings. The fourth-order valence-electron chi connectivity index (χ4n) is 5.48. The molecule has 5 N–H and O–H groups in total. The summed E-state index contributed by atoms with van der Waals surface area (Å²) in [5.41, 5.74) is 1.10. The van der Waals surface area contributed by atoms with Gasteiger partial charge in [-0.1, -0.05) is 0 Å². The number of aromatic nitrogens is 5. The van der Waals surface area contributed by atoms with Crippen LogP contribution in [0.4, 0.5) is 5.82 Å². The van der Waals surface area contributed by atoms with Crippen LogP contribution in [0.3, 0.4) is 0 Å². The van der Waals surface area contributed by atoms with E-state index in [1.54, 1.807) is 16.8 Å². The molecule has 38 heavy (non-hydrogen) atoms. The number of amides is 1. The summed E-state index contributed by atoms with van der Waals surface area (Å²) >= 11 is 0. The van der Waals surface area contributed by atoms with Gasteiger partial charge in [0.2, 0.25) is 11.8 Å². The van der Waals surface area contributed by atoms with Crippen molar-refractivity contribution in [1.82, 2.24) is 34.8 Å². The fourth-order valence-corrected chi connectivity index (χ4v) is 5.48. The maximum Gasteiger partial charge on any atom is 0.326 e. The first-order chi connectivity index (χ1) is 18.4. The van der Waals surface area contributed by atoms with Crippen molar-refractivity contribution >= 4 is 23.4 Å². The molecule has 12 heteroatoms. The SMILES string of the molecule is CC(C(=O)NC1CCC(Nc2cc(=NC3CC3)n3ncc(=Cc4[nH]c(=O)[nH]c4O)c3n2)CC1)N1CCCC1. The molecule has 1 aliphatic heterocycles. The van der Waals surface area contributed by atoms with Crippen LogP contribution in [-0.2, 0) is 4.79 Å². The number of anilines is 1. The van der Waals surface area contributed by atoms with Crippen LogP contribution >= 0.6 is 0 Å². The van der Waals surface area contributed by atoms with E-state index in [-0.39, 0.29) is 35.6 Å². The van der Waals surface area contributed by atoms with Crippen molar-refractivity contribution < 1.29 is 9.90 Å². The smallest absolute Gasteiger partial charge is 0.326 e. The predicted octanol–water partition coefficient (Wildman–Crippen LogP) is 0.386. The maximum atomic E-state index is 12.7. The van der Waals surface area contributed by atoms with Crippen molar-refractivity contribution in [2.45, 2.75) is 82.5 Å². The van der Waals surface area contributed by atoms with Gasteiger partial charge in [0.05, 0.1) is 18.3 Å². The lowest BCUT2D eigenvalue weighted by molar-refractivity contribution is -0.126. The molecular formula is C26H35N9O3. The van der Waals surface area contributed by atoms with Crippen LogP contribution in [-0.4, -0.2) is 77.7 Å². The van der Waals surface area contributed by atoms with Crippen LogP contribution in [0.25, 0.3) is 11.7 Å². The lowest BCUT2D eigenvalue weighted by Crippen LogP contribution is -2.48. The zero-order valence-electron chi connectivity index (χ0n) is 21.6. The Bertz CT molecular complexity index is 1490. The van der Waals surface area contributed by atoms with Crippen molar-refractivity contribution in [2.75, 3.05) is 18.4 Å². The molecule has 0 radical (unpaired) electrons. The first-order valence-electron chi connectivity index (χ1n) is 13.7. The number of carbonyl (C=O) groups excluding carboxylic acids is 1. The van der Waals surface area contributed by atoms with Gasteiger partial charge in [0.1, 0.15) is 11.5 Å². The van der Waals surface area contributed by atoms with Gasteiger partial charge in [0, 0.05) is 23.4 Å². The Morgan fingerprint density at radius 1 is 1.16 bits per heavy atom. The number of nitrogens with zero attached hydrogens (tertiary/aromatic N) is 5. The summed E-state index contributed by atoms with van der Waals surface area (Å²) in [4.78, 5) is 41.1. The van der Waals surface area contributed by atoms with E-state index in [2.05, 4.69) is 30.6 Å². The largest absolute Gasteiger partial charge is 0.493 e. The van der Waals surface area contributed by atoms with Crippen LogP contribution in [0.2, 0.25) is 0 Å². The number of hydrogen-bond donors (Lipinski definition) is 5. The Labute approximate surface area is 219 Å². The Morgan fingerprint density at radius 2 is 1.89 bits per heavy atom. The molecule has 12 nitrogen and oxygen atoms in total. The van der Waals surface area contributed by atoms with E-state index >= 15 is 0 Å². The number of aromatic amines is 2. The van der Waals surface area contributed by atoms with Gasteiger partial charge in [-0.2, -0.15) is 9.61 Å². The van der Waals surface area contributed by atoms with Gasteiger partial charge in [0.15, 0.2) is 11.1 Å². The first-order valence-corrected chi connectivity index (χ1v) is 13.7. The van der Waals surface area contributed by atoms with Crippen molar-refractivity contribution in [2.24, 2.45) is 4.99 Å². The molecule has 4 heterocycles. The third-order valence-corrected chi connectivity index (χ3v) is 7.87. The molecule has 0 bridgehead atoms. The third-order valence-electron chi connectivity index (χ3n) is 7.87. The monoisotopic (exact) mass is 521 g/mol. The summed E-state index contributed by atoms with van der Waals surface area (Å²) in [5, 5.41) is 22.0. The molecule has 0 spiro atoms. The summed E-state index contributed by atoms with van der Waals surface area (Å²) in [7, 11) is 0. The number of fused-ring (bicyclic) bond motifs is 1. The van der Waals surface area contributed by atoms with Gasteiger partial charge >= 0.3 is 5.69 Å². The Hall–Kier alpha value is -3.67. The van der Waals surface area contributed by atoms with E-state index in [0.29, 0.717) is 22.7 Å². The van der Waals surface area contributed by atoms with Gasteiger partial charge in [-0.3, -0.25) is 19.7 Å². The van der Waals surface area contributed by atoms with E-state index in [9.17, 15) is 14.7 Å². The van der Waals surface area contributed by atoms with Crippen molar-refractivity contribution in [3.63, 3.8) is 0 Å². The molecule has 202 valence electrons. The number of aromatic hydroxyl groups is 1. The molecular weight excluding hydrogens is 486 g/mol. The van der Waals surface area contributed by atoms with Crippen LogP contribution in [0.15, 0.2) is 22.1 Å². The highest BCUT2D eigenvalue weighted by Gasteiger charge is 2.28. The lowest BCUT2D eigenvalue weighted by Gasteiger charge is -2.32. The molecule has 1 amide bonds. The molecule has 1 saturated heterocycles. The number of hydrogen-bond acceptors (Lipinski definition) is 8. The Kier molecular flexibility index (Phi) is 6.64. The minimum absolute atomic E-state index is 0.0643. The summed E-state index contributed by atoms with van der Waals surface area (Å²) in [6.45, 7) is 4.04. The number of H-pyrrole nitrogens is 2. The topological polar surface area (TPSA) is 156 Å². The normalized spacial score (nSPS) is 24.2. The first kappa shape index (κ1) is 24.7. The number of nitrogens with one attached hydrogen (secondary N) is 4. The van der Waals surface area contributed by atoms with E-state index in [1.165, 1.54) is 12.8 Å². The molecule has 0 aromatic carbocycles. The zero-order valence-corrected chi connectivity index (χ0v) is 21.6. The molecule has 3 aromatic rings. The third kappa shape index (κ3) is 5.31. The van der Waals surface area contributed by atoms with Gasteiger partial charge in [-0.05, 0) is 77.5 Å². The van der Waals surface area contributed by atoms with Gasteiger partial charge in [-0.15, -0.1) is 0 Å². The quantitative estimate of drug-likeness (QED) is 0.301. The Balaban J connectivity index is 1.18. The number of likely N-dealkylation sites (tertiary alicyclic amines) is 1. The average Bonchev–Trinajstić information content (AvgIpc) is 3.25. The highest BCUT2D eigenvalue weighted by molar-refractivity contribution is 5.81. The molecule has 1 unspecified atom stereocenters. The van der Waals surface area contributed by atoms with Crippen molar-refractivity contribution in [1.29, 1.82) is 0 Å². The second kappa shape index (κ2) is 10.2. The summed E-state index contributed by atoms with van der Waals surface area (Å²) < 4.78 is 1.70. The minimum Gasteiger partial charge on any atom is -0.493 e. The van der Waals surface area contributed by atoms with Crippen LogP contribution < -0.4 is 27.0 Å². The van der Waals surface area contributed by atoms with Crippen molar-refractivity contribution in [3.8, 4) is 5.88 Å². The average molecular weight is 522 g/mol. The summed E-state index contributed by atoms with van der Waals surface area (Å²) in [6, 6.07) is 2.61. The number of rotatable bonds is 7. The summed E-state index contributed by atoms with van der Waals surface area (Å²) in [6.07, 6.45) is 11.5. The van der Waals surface area contributed by atoms with Crippen LogP contribution in [0.5, 0.6) is 5.88 Å². The van der Waals surface area contributed by atoms with Gasteiger partial charge in [-0.25, -0.2) is 9.78 Å². The van der Waals surface area contributed by atoms with Gasteiger partial charge < -0.3 is 20.7 Å². The molecule has 3 fully saturated rings. The van der Waals surface area contributed by atoms with Crippen LogP contribution in [0.1, 0.15) is 64.0 Å². The number of imidazole rings is 1. The molecule has 2 saturated carbocycles. The predicted molar refractivity (Wildman–Crippen MR) is 142 cm³/mol. The molecule has 1 atom stereocenters. The second-order valence-electron chi connectivity index (χ2n) is 10.8. The molecule has 3 aromatic heterocycles. The highest BCUT2D eigenvalue weighted by Crippen LogP contribution is 2.24. The fraction of sp³-hybridized carbons (Fsp3) is 0.577.